The molecule has 2 aromatic heterocycles. The largest absolute Gasteiger partial charge is 0.494 e. The Labute approximate surface area is 156 Å². The number of hydrogen-bond acceptors (Lipinski definition) is 4. The van der Waals surface area contributed by atoms with Crippen molar-refractivity contribution in [2.45, 2.75) is 39.3 Å². The van der Waals surface area contributed by atoms with E-state index in [9.17, 15) is 14.7 Å². The summed E-state index contributed by atoms with van der Waals surface area (Å²) in [6, 6.07) is 7.36. The topological polar surface area (TPSA) is 94.1 Å². The number of nitrogens with zero attached hydrogens (tertiary/aromatic N) is 2. The molecule has 0 amide bonds. The smallest absolute Gasteiger partial charge is 0.331 e. The van der Waals surface area contributed by atoms with E-state index in [1.807, 2.05) is 25.1 Å². The minimum Gasteiger partial charge on any atom is -0.494 e. The quantitative estimate of drug-likeness (QED) is 0.661. The first kappa shape index (κ1) is 17.6. The Morgan fingerprint density at radius 3 is 2.67 bits per heavy atom. The summed E-state index contributed by atoms with van der Waals surface area (Å²) in [5.74, 6) is -0.256. The van der Waals surface area contributed by atoms with E-state index in [1.165, 1.54) is 10.1 Å². The van der Waals surface area contributed by atoms with Gasteiger partial charge in [0.05, 0.1) is 6.04 Å². The molecule has 0 bridgehead atoms. The molecular formula is C20H24N4O3. The number of rotatable bonds is 3. The van der Waals surface area contributed by atoms with Crippen molar-refractivity contribution in [2.24, 2.45) is 0 Å². The number of fused-ring (bicyclic) bond motifs is 3. The predicted octanol–water partition coefficient (Wildman–Crippen LogP) is 2.27. The first-order chi connectivity index (χ1) is 12.9. The zero-order chi connectivity index (χ0) is 19.3. The minimum absolute atomic E-state index is 0.220. The SMILES string of the molecule is CCN1CCc2c([nH]c3ccccc23)[C@H]1c1c(O)n(C(C)C)c(=O)[nH]c1=O. The fourth-order valence-corrected chi connectivity index (χ4v) is 4.24. The van der Waals surface area contributed by atoms with E-state index in [-0.39, 0.29) is 17.5 Å². The van der Waals surface area contributed by atoms with Crippen LogP contribution in [0.4, 0.5) is 0 Å². The molecular weight excluding hydrogens is 344 g/mol. The number of H-pyrrole nitrogens is 2. The van der Waals surface area contributed by atoms with Crippen molar-refractivity contribution in [3.63, 3.8) is 0 Å². The third kappa shape index (κ3) is 2.61. The number of aromatic amines is 2. The van der Waals surface area contributed by atoms with Crippen molar-refractivity contribution in [3.8, 4) is 5.88 Å². The average molecular weight is 368 g/mol. The van der Waals surface area contributed by atoms with Crippen LogP contribution in [0.3, 0.4) is 0 Å². The van der Waals surface area contributed by atoms with Crippen LogP contribution >= 0.6 is 0 Å². The summed E-state index contributed by atoms with van der Waals surface area (Å²) in [4.78, 5) is 32.9. The van der Waals surface area contributed by atoms with Gasteiger partial charge in [-0.15, -0.1) is 0 Å². The average Bonchev–Trinajstić information content (AvgIpc) is 3.00. The van der Waals surface area contributed by atoms with Gasteiger partial charge in [-0.1, -0.05) is 25.1 Å². The number of aromatic nitrogens is 3. The van der Waals surface area contributed by atoms with Crippen LogP contribution in [0.15, 0.2) is 33.9 Å². The van der Waals surface area contributed by atoms with Gasteiger partial charge in [-0.3, -0.25) is 19.2 Å². The fourth-order valence-electron chi connectivity index (χ4n) is 4.24. The standard InChI is InChI=1S/C20H24N4O3/c1-4-23-10-9-13-12-7-5-6-8-14(12)21-16(13)17(23)15-18(25)22-20(27)24(11(2)3)19(15)26/h5-8,11,17,21,26H,4,9-10H2,1-3H3,(H,22,25,27)/t17-/m1/s1. The van der Waals surface area contributed by atoms with Gasteiger partial charge < -0.3 is 10.1 Å². The molecule has 0 radical (unpaired) electrons. The third-order valence-electron chi connectivity index (χ3n) is 5.48. The molecule has 1 aliphatic rings. The highest BCUT2D eigenvalue weighted by molar-refractivity contribution is 5.85. The van der Waals surface area contributed by atoms with Crippen molar-refractivity contribution in [3.05, 3.63) is 61.9 Å². The van der Waals surface area contributed by atoms with Crippen LogP contribution in [0.25, 0.3) is 10.9 Å². The lowest BCUT2D eigenvalue weighted by molar-refractivity contribution is 0.213. The van der Waals surface area contributed by atoms with Gasteiger partial charge in [0.2, 0.25) is 5.88 Å². The molecule has 27 heavy (non-hydrogen) atoms. The summed E-state index contributed by atoms with van der Waals surface area (Å²) in [5, 5.41) is 12.0. The third-order valence-corrected chi connectivity index (χ3v) is 5.48. The van der Waals surface area contributed by atoms with Gasteiger partial charge in [0.15, 0.2) is 0 Å². The lowest BCUT2D eigenvalue weighted by Crippen LogP contribution is -2.41. The second-order valence-electron chi connectivity index (χ2n) is 7.30. The van der Waals surface area contributed by atoms with E-state index in [4.69, 9.17) is 0 Å². The van der Waals surface area contributed by atoms with Crippen molar-refractivity contribution in [1.82, 2.24) is 19.4 Å². The zero-order valence-electron chi connectivity index (χ0n) is 15.7. The maximum absolute atomic E-state index is 12.8. The van der Waals surface area contributed by atoms with Crippen LogP contribution in [-0.4, -0.2) is 37.6 Å². The Morgan fingerprint density at radius 1 is 1.22 bits per heavy atom. The lowest BCUT2D eigenvalue weighted by Gasteiger charge is -2.35. The summed E-state index contributed by atoms with van der Waals surface area (Å²) in [5.41, 5.74) is 2.19. The molecule has 0 fully saturated rings. The molecule has 7 heteroatoms. The van der Waals surface area contributed by atoms with Crippen LogP contribution in [0, 0.1) is 0 Å². The normalized spacial score (nSPS) is 17.6. The monoisotopic (exact) mass is 368 g/mol. The second kappa shape index (κ2) is 6.42. The Hall–Kier alpha value is -2.80. The molecule has 142 valence electrons. The summed E-state index contributed by atoms with van der Waals surface area (Å²) >= 11 is 0. The van der Waals surface area contributed by atoms with Gasteiger partial charge in [0.1, 0.15) is 5.56 Å². The Kier molecular flexibility index (Phi) is 4.19. The first-order valence-corrected chi connectivity index (χ1v) is 9.35. The number of nitrogens with one attached hydrogen (secondary N) is 2. The van der Waals surface area contributed by atoms with E-state index >= 15 is 0 Å². The van der Waals surface area contributed by atoms with Gasteiger partial charge in [0.25, 0.3) is 5.56 Å². The number of likely N-dealkylation sites (N-methyl/N-ethyl adjacent to an activating group) is 1. The minimum atomic E-state index is -0.591. The van der Waals surface area contributed by atoms with E-state index in [0.717, 1.165) is 36.1 Å². The van der Waals surface area contributed by atoms with Crippen LogP contribution in [0.1, 0.15) is 49.7 Å². The molecule has 0 saturated heterocycles. The van der Waals surface area contributed by atoms with Crippen molar-refractivity contribution >= 4 is 10.9 Å². The van der Waals surface area contributed by atoms with Crippen molar-refractivity contribution in [1.29, 1.82) is 0 Å². The molecule has 3 N–H and O–H groups in total. The highest BCUT2D eigenvalue weighted by atomic mass is 16.3. The Balaban J connectivity index is 2.03. The molecule has 0 spiro atoms. The highest BCUT2D eigenvalue weighted by Crippen LogP contribution is 2.39. The Morgan fingerprint density at radius 2 is 1.96 bits per heavy atom. The van der Waals surface area contributed by atoms with Gasteiger partial charge in [-0.05, 0) is 38.4 Å². The van der Waals surface area contributed by atoms with E-state index in [0.29, 0.717) is 0 Å². The highest BCUT2D eigenvalue weighted by Gasteiger charge is 2.35. The molecule has 0 aliphatic carbocycles. The van der Waals surface area contributed by atoms with Crippen LogP contribution in [-0.2, 0) is 6.42 Å². The molecule has 1 atom stereocenters. The van der Waals surface area contributed by atoms with E-state index in [2.05, 4.69) is 20.9 Å². The lowest BCUT2D eigenvalue weighted by atomic mass is 9.93. The Bertz CT molecular complexity index is 1120. The summed E-state index contributed by atoms with van der Waals surface area (Å²) in [6.45, 7) is 7.13. The molecule has 0 unspecified atom stereocenters. The van der Waals surface area contributed by atoms with Crippen LogP contribution in [0.2, 0.25) is 0 Å². The summed E-state index contributed by atoms with van der Waals surface area (Å²) in [6.07, 6.45) is 0.867. The number of hydrogen-bond donors (Lipinski definition) is 3. The van der Waals surface area contributed by atoms with Gasteiger partial charge >= 0.3 is 5.69 Å². The van der Waals surface area contributed by atoms with Crippen molar-refractivity contribution < 1.29 is 5.11 Å². The first-order valence-electron chi connectivity index (χ1n) is 9.35. The van der Waals surface area contributed by atoms with Crippen LogP contribution < -0.4 is 11.2 Å². The van der Waals surface area contributed by atoms with Gasteiger partial charge in [-0.2, -0.15) is 0 Å². The molecule has 1 aromatic carbocycles. The molecule has 3 heterocycles. The van der Waals surface area contributed by atoms with E-state index in [1.54, 1.807) is 13.8 Å². The van der Waals surface area contributed by atoms with Gasteiger partial charge in [-0.25, -0.2) is 4.79 Å². The van der Waals surface area contributed by atoms with E-state index < -0.39 is 17.3 Å². The number of aromatic hydroxyl groups is 1. The van der Waals surface area contributed by atoms with Gasteiger partial charge in [0, 0.05) is 29.2 Å². The van der Waals surface area contributed by atoms with Crippen molar-refractivity contribution in [2.75, 3.05) is 13.1 Å². The molecule has 1 aliphatic heterocycles. The molecule has 7 nitrogen and oxygen atoms in total. The fraction of sp³-hybridized carbons (Fsp3) is 0.400. The maximum atomic E-state index is 12.8. The number of benzene rings is 1. The van der Waals surface area contributed by atoms with Crippen LogP contribution in [0.5, 0.6) is 5.88 Å². The molecule has 0 saturated carbocycles. The molecule has 4 rings (SSSR count). The molecule has 3 aromatic rings. The summed E-state index contributed by atoms with van der Waals surface area (Å²) < 4.78 is 1.24. The zero-order valence-corrected chi connectivity index (χ0v) is 15.7. The maximum Gasteiger partial charge on any atom is 0.331 e. The number of para-hydroxylation sites is 1. The predicted molar refractivity (Wildman–Crippen MR) is 104 cm³/mol. The second-order valence-corrected chi connectivity index (χ2v) is 7.30. The summed E-state index contributed by atoms with van der Waals surface area (Å²) in [7, 11) is 0.